The van der Waals surface area contributed by atoms with E-state index in [4.69, 9.17) is 4.74 Å². The van der Waals surface area contributed by atoms with Crippen LogP contribution in [0, 0.1) is 0 Å². The first-order chi connectivity index (χ1) is 16.2. The van der Waals surface area contributed by atoms with Crippen LogP contribution in [0.25, 0.3) is 0 Å². The Morgan fingerprint density at radius 3 is 2.27 bits per heavy atom. The number of ether oxygens (including phenoxy) is 1. The summed E-state index contributed by atoms with van der Waals surface area (Å²) >= 11 is 0. The zero-order valence-electron chi connectivity index (χ0n) is 19.4. The van der Waals surface area contributed by atoms with Crippen molar-refractivity contribution < 1.29 is 9.53 Å². The first kappa shape index (κ1) is 23.0. The molecule has 1 aliphatic rings. The van der Waals surface area contributed by atoms with E-state index in [2.05, 4.69) is 76.2 Å². The van der Waals surface area contributed by atoms with E-state index < -0.39 is 0 Å². The molecule has 172 valence electrons. The lowest BCUT2D eigenvalue weighted by atomic mass is 9.90. The maximum Gasteiger partial charge on any atom is 0.237 e. The number of carbonyl (C=O) groups is 1. The number of nitrogens with one attached hydrogen (secondary N) is 2. The Hall–Kier alpha value is -3.15. The predicted octanol–water partition coefficient (Wildman–Crippen LogP) is 3.81. The quantitative estimate of drug-likeness (QED) is 0.528. The SMILES string of the molecule is CNC(=O)[C@@H]1C[C@H](NCc2cccc(OC)c2)CN1CC(c1ccccc1)c1ccccc1. The molecule has 2 atom stereocenters. The molecule has 33 heavy (non-hydrogen) atoms. The topological polar surface area (TPSA) is 53.6 Å². The predicted molar refractivity (Wildman–Crippen MR) is 132 cm³/mol. The van der Waals surface area contributed by atoms with Crippen molar-refractivity contribution in [2.75, 3.05) is 27.2 Å². The van der Waals surface area contributed by atoms with Gasteiger partial charge in [-0.1, -0.05) is 72.8 Å². The maximum atomic E-state index is 12.8. The number of methoxy groups -OCH3 is 1. The zero-order chi connectivity index (χ0) is 23.0. The second-order valence-electron chi connectivity index (χ2n) is 8.62. The first-order valence-corrected chi connectivity index (χ1v) is 11.6. The van der Waals surface area contributed by atoms with E-state index in [1.54, 1.807) is 14.2 Å². The standard InChI is InChI=1S/C28H33N3O2/c1-29-28(32)27-17-24(30-18-21-10-9-15-25(16-21)33-2)19-31(27)20-26(22-11-5-3-6-12-22)23-13-7-4-8-14-23/h3-16,24,26-27,30H,17-20H2,1-2H3,(H,29,32)/t24-,27-/m0/s1. The number of nitrogens with zero attached hydrogens (tertiary/aromatic N) is 1. The summed E-state index contributed by atoms with van der Waals surface area (Å²) in [5.41, 5.74) is 3.72. The number of benzene rings is 3. The monoisotopic (exact) mass is 443 g/mol. The van der Waals surface area contributed by atoms with E-state index in [1.807, 2.05) is 24.3 Å². The maximum absolute atomic E-state index is 12.8. The van der Waals surface area contributed by atoms with Crippen LogP contribution in [0.1, 0.15) is 29.0 Å². The van der Waals surface area contributed by atoms with E-state index in [1.165, 1.54) is 16.7 Å². The summed E-state index contributed by atoms with van der Waals surface area (Å²) < 4.78 is 5.35. The highest BCUT2D eigenvalue weighted by Crippen LogP contribution is 2.29. The van der Waals surface area contributed by atoms with Gasteiger partial charge in [-0.15, -0.1) is 0 Å². The minimum absolute atomic E-state index is 0.0838. The minimum Gasteiger partial charge on any atom is -0.497 e. The van der Waals surface area contributed by atoms with Crippen LogP contribution in [-0.2, 0) is 11.3 Å². The Bertz CT molecular complexity index is 986. The molecule has 0 aliphatic carbocycles. The van der Waals surface area contributed by atoms with Crippen LogP contribution >= 0.6 is 0 Å². The number of hydrogen-bond donors (Lipinski definition) is 2. The summed E-state index contributed by atoms with van der Waals surface area (Å²) in [4.78, 5) is 15.1. The average molecular weight is 444 g/mol. The van der Waals surface area contributed by atoms with E-state index in [-0.39, 0.29) is 23.9 Å². The number of rotatable bonds is 9. The third kappa shape index (κ3) is 5.81. The van der Waals surface area contributed by atoms with Crippen LogP contribution in [0.2, 0.25) is 0 Å². The lowest BCUT2D eigenvalue weighted by molar-refractivity contribution is -0.125. The van der Waals surface area contributed by atoms with Gasteiger partial charge < -0.3 is 15.4 Å². The summed E-state index contributed by atoms with van der Waals surface area (Å²) in [7, 11) is 3.41. The Morgan fingerprint density at radius 2 is 1.67 bits per heavy atom. The molecule has 2 N–H and O–H groups in total. The lowest BCUT2D eigenvalue weighted by Crippen LogP contribution is -2.43. The summed E-state index contributed by atoms with van der Waals surface area (Å²) in [6.07, 6.45) is 0.792. The molecular weight excluding hydrogens is 410 g/mol. The first-order valence-electron chi connectivity index (χ1n) is 11.6. The normalized spacial score (nSPS) is 18.4. The largest absolute Gasteiger partial charge is 0.497 e. The Kier molecular flexibility index (Phi) is 7.76. The van der Waals surface area contributed by atoms with Gasteiger partial charge in [0.05, 0.1) is 13.2 Å². The van der Waals surface area contributed by atoms with Crippen molar-refractivity contribution in [3.05, 3.63) is 102 Å². The van der Waals surface area contributed by atoms with Gasteiger partial charge in [-0.3, -0.25) is 9.69 Å². The van der Waals surface area contributed by atoms with E-state index in [0.717, 1.165) is 31.8 Å². The molecule has 3 aromatic rings. The zero-order valence-corrected chi connectivity index (χ0v) is 19.4. The lowest BCUT2D eigenvalue weighted by Gasteiger charge is -2.28. The highest BCUT2D eigenvalue weighted by Gasteiger charge is 2.37. The molecule has 0 unspecified atom stereocenters. The summed E-state index contributed by atoms with van der Waals surface area (Å²) in [5, 5.41) is 6.54. The van der Waals surface area contributed by atoms with Gasteiger partial charge in [0.2, 0.25) is 5.91 Å². The Morgan fingerprint density at radius 1 is 1.00 bits per heavy atom. The molecule has 0 saturated carbocycles. The van der Waals surface area contributed by atoms with Crippen molar-refractivity contribution in [1.29, 1.82) is 0 Å². The van der Waals surface area contributed by atoms with Crippen molar-refractivity contribution >= 4 is 5.91 Å². The second kappa shape index (κ2) is 11.1. The fraction of sp³-hybridized carbons (Fsp3) is 0.321. The summed E-state index contributed by atoms with van der Waals surface area (Å²) in [6, 6.07) is 29.4. The van der Waals surface area contributed by atoms with E-state index >= 15 is 0 Å². The molecule has 1 fully saturated rings. The van der Waals surface area contributed by atoms with Gasteiger partial charge in [-0.25, -0.2) is 0 Å². The van der Waals surface area contributed by atoms with E-state index in [0.29, 0.717) is 0 Å². The molecule has 0 bridgehead atoms. The number of hydrogen-bond acceptors (Lipinski definition) is 4. The highest BCUT2D eigenvalue weighted by molar-refractivity contribution is 5.81. The molecule has 0 radical (unpaired) electrons. The Balaban J connectivity index is 1.50. The van der Waals surface area contributed by atoms with Crippen molar-refractivity contribution in [2.45, 2.75) is 31.0 Å². The van der Waals surface area contributed by atoms with Gasteiger partial charge in [0.1, 0.15) is 5.75 Å². The molecule has 5 nitrogen and oxygen atoms in total. The highest BCUT2D eigenvalue weighted by atomic mass is 16.5. The summed E-state index contributed by atoms with van der Waals surface area (Å²) in [6.45, 7) is 2.37. The van der Waals surface area contributed by atoms with Crippen LogP contribution in [0.4, 0.5) is 0 Å². The fourth-order valence-corrected chi connectivity index (χ4v) is 4.75. The van der Waals surface area contributed by atoms with Gasteiger partial charge in [0.15, 0.2) is 0 Å². The molecule has 0 spiro atoms. The van der Waals surface area contributed by atoms with Gasteiger partial charge in [0, 0.05) is 38.6 Å². The van der Waals surface area contributed by atoms with Gasteiger partial charge >= 0.3 is 0 Å². The van der Waals surface area contributed by atoms with Crippen molar-refractivity contribution in [2.24, 2.45) is 0 Å². The molecule has 1 saturated heterocycles. The fourth-order valence-electron chi connectivity index (χ4n) is 4.75. The molecule has 3 aromatic carbocycles. The summed E-state index contributed by atoms with van der Waals surface area (Å²) in [5.74, 6) is 1.15. The second-order valence-corrected chi connectivity index (χ2v) is 8.62. The number of amides is 1. The van der Waals surface area contributed by atoms with Gasteiger partial charge in [-0.2, -0.15) is 0 Å². The number of likely N-dealkylation sites (N-methyl/N-ethyl adjacent to an activating group) is 1. The van der Waals surface area contributed by atoms with E-state index in [9.17, 15) is 4.79 Å². The third-order valence-corrected chi connectivity index (χ3v) is 6.50. The minimum atomic E-state index is -0.146. The van der Waals surface area contributed by atoms with Gasteiger partial charge in [0.25, 0.3) is 0 Å². The molecule has 1 aliphatic heterocycles. The van der Waals surface area contributed by atoms with Crippen LogP contribution in [0.3, 0.4) is 0 Å². The number of carbonyl (C=O) groups excluding carboxylic acids is 1. The molecule has 0 aromatic heterocycles. The van der Waals surface area contributed by atoms with Crippen molar-refractivity contribution in [3.63, 3.8) is 0 Å². The molecular formula is C28H33N3O2. The van der Waals surface area contributed by atoms with Crippen LogP contribution in [0.15, 0.2) is 84.9 Å². The molecule has 1 heterocycles. The van der Waals surface area contributed by atoms with Crippen LogP contribution < -0.4 is 15.4 Å². The molecule has 4 rings (SSSR count). The smallest absolute Gasteiger partial charge is 0.237 e. The average Bonchev–Trinajstić information content (AvgIpc) is 3.29. The van der Waals surface area contributed by atoms with Crippen molar-refractivity contribution in [3.8, 4) is 5.75 Å². The Labute approximate surface area is 196 Å². The van der Waals surface area contributed by atoms with Crippen molar-refractivity contribution in [1.82, 2.24) is 15.5 Å². The van der Waals surface area contributed by atoms with Crippen LogP contribution in [0.5, 0.6) is 5.75 Å². The third-order valence-electron chi connectivity index (χ3n) is 6.50. The van der Waals surface area contributed by atoms with Crippen LogP contribution in [-0.4, -0.2) is 50.1 Å². The number of likely N-dealkylation sites (tertiary alicyclic amines) is 1. The molecule has 1 amide bonds. The molecule has 5 heteroatoms. The van der Waals surface area contributed by atoms with Gasteiger partial charge in [-0.05, 0) is 35.2 Å².